The van der Waals surface area contributed by atoms with Crippen molar-refractivity contribution in [2.45, 2.75) is 102 Å². The van der Waals surface area contributed by atoms with E-state index >= 15 is 0 Å². The summed E-state index contributed by atoms with van der Waals surface area (Å²) < 4.78 is 39.5. The van der Waals surface area contributed by atoms with Crippen LogP contribution in [0.2, 0.25) is 5.02 Å². The Kier molecular flexibility index (Phi) is 12.7. The lowest BCUT2D eigenvalue weighted by Gasteiger charge is -2.31. The number of aromatic nitrogens is 3. The highest BCUT2D eigenvalue weighted by Crippen LogP contribution is 2.34. The number of primary sulfonamides is 1. The van der Waals surface area contributed by atoms with Gasteiger partial charge in [-0.2, -0.15) is 4.98 Å². The molecule has 7 rings (SSSR count). The first kappa shape index (κ1) is 41.3. The minimum atomic E-state index is -3.90. The summed E-state index contributed by atoms with van der Waals surface area (Å²) in [5.74, 6) is 0.840. The zero-order valence-corrected chi connectivity index (χ0v) is 35.9. The van der Waals surface area contributed by atoms with Crippen LogP contribution in [0.15, 0.2) is 94.7 Å². The molecule has 2 saturated carbocycles. The van der Waals surface area contributed by atoms with Crippen LogP contribution >= 0.6 is 11.6 Å². The van der Waals surface area contributed by atoms with E-state index in [9.17, 15) is 13.2 Å². The fourth-order valence-electron chi connectivity index (χ4n) is 8.17. The van der Waals surface area contributed by atoms with Gasteiger partial charge in [0.15, 0.2) is 0 Å². The highest BCUT2D eigenvalue weighted by Gasteiger charge is 2.28. The van der Waals surface area contributed by atoms with Crippen molar-refractivity contribution in [3.63, 3.8) is 0 Å². The molecule has 5 aromatic rings. The fraction of sp³-hybridized carbons (Fsp3) is 0.432. The Morgan fingerprint density at radius 1 is 0.930 bits per heavy atom. The molecule has 2 aromatic heterocycles. The predicted molar refractivity (Wildman–Crippen MR) is 230 cm³/mol. The molecule has 0 amide bonds. The van der Waals surface area contributed by atoms with Crippen LogP contribution < -0.4 is 26.0 Å². The monoisotopic (exact) mass is 826 g/mol. The third-order valence-corrected chi connectivity index (χ3v) is 14.8. The highest BCUT2D eigenvalue weighted by atomic mass is 35.5. The van der Waals surface area contributed by atoms with Gasteiger partial charge in [0.1, 0.15) is 10.7 Å². The van der Waals surface area contributed by atoms with Gasteiger partial charge in [-0.3, -0.25) is 9.36 Å². The molecule has 1 radical (unpaired) electrons. The Morgan fingerprint density at radius 2 is 1.61 bits per heavy atom. The summed E-state index contributed by atoms with van der Waals surface area (Å²) in [6, 6.07) is 26.0. The molecule has 0 atom stereocenters. The number of nitrogens with zero attached hydrogens (tertiary/aromatic N) is 4. The number of nitrogens with two attached hydrogens (primary N) is 1. The molecule has 0 spiro atoms. The number of ether oxygens (including phenoxy) is 1. The molecule has 0 bridgehead atoms. The van der Waals surface area contributed by atoms with E-state index in [0.717, 1.165) is 63.7 Å². The van der Waals surface area contributed by atoms with Crippen molar-refractivity contribution >= 4 is 63.7 Å². The van der Waals surface area contributed by atoms with Gasteiger partial charge in [-0.15, -0.1) is 0 Å². The molecule has 3 aromatic carbocycles. The Hall–Kier alpha value is -3.91. The lowest BCUT2D eigenvalue weighted by molar-refractivity contribution is 0.0170. The highest BCUT2D eigenvalue weighted by molar-refractivity contribution is 7.89. The molecule has 301 valence electrons. The molecule has 10 nitrogen and oxygen atoms in total. The van der Waals surface area contributed by atoms with Crippen molar-refractivity contribution in [2.75, 3.05) is 24.7 Å². The molecule has 0 aliphatic heterocycles. The molecule has 0 saturated heterocycles. The van der Waals surface area contributed by atoms with Gasteiger partial charge in [-0.1, -0.05) is 99.8 Å². The van der Waals surface area contributed by atoms with E-state index in [2.05, 4.69) is 75.4 Å². The number of benzene rings is 3. The summed E-state index contributed by atoms with van der Waals surface area (Å²) in [5.41, 5.74) is 3.11. The Bertz CT molecular complexity index is 2340. The van der Waals surface area contributed by atoms with Crippen LogP contribution in [0.25, 0.3) is 11.0 Å². The van der Waals surface area contributed by atoms with Gasteiger partial charge in [-0.05, 0) is 103 Å². The number of hydrogen-bond acceptors (Lipinski definition) is 8. The first-order valence-corrected chi connectivity index (χ1v) is 23.4. The van der Waals surface area contributed by atoms with Crippen LogP contribution in [0.4, 0.5) is 11.6 Å². The van der Waals surface area contributed by atoms with Gasteiger partial charge in [-0.25, -0.2) is 18.5 Å². The van der Waals surface area contributed by atoms with Crippen LogP contribution in [0.3, 0.4) is 0 Å². The molecule has 2 aliphatic rings. The summed E-state index contributed by atoms with van der Waals surface area (Å²) in [5, 5.41) is 8.82. The number of sulfonamides is 1. The second-order valence-corrected chi connectivity index (χ2v) is 20.6. The first-order chi connectivity index (χ1) is 27.3. The molecule has 2 heterocycles. The van der Waals surface area contributed by atoms with Gasteiger partial charge in [0, 0.05) is 36.5 Å². The van der Waals surface area contributed by atoms with E-state index in [1.807, 2.05) is 11.8 Å². The Morgan fingerprint density at radius 3 is 2.26 bits per heavy atom. The molecular weight excluding hydrogens is 774 g/mol. The van der Waals surface area contributed by atoms with E-state index in [4.69, 9.17) is 35.9 Å². The molecule has 2 aliphatic carbocycles. The zero-order valence-electron chi connectivity index (χ0n) is 33.3. The van der Waals surface area contributed by atoms with E-state index in [1.54, 1.807) is 29.0 Å². The fourth-order valence-corrected chi connectivity index (χ4v) is 11.0. The molecule has 13 heteroatoms. The summed E-state index contributed by atoms with van der Waals surface area (Å²) in [7, 11) is -5.30. The smallest absolute Gasteiger partial charge is 0.282 e. The molecule has 0 unspecified atom stereocenters. The van der Waals surface area contributed by atoms with E-state index in [1.165, 1.54) is 22.0 Å². The van der Waals surface area contributed by atoms with Gasteiger partial charge >= 0.3 is 0 Å². The summed E-state index contributed by atoms with van der Waals surface area (Å²) in [6.07, 6.45) is 9.56. The molecule has 2 fully saturated rings. The second kappa shape index (κ2) is 17.5. The third kappa shape index (κ3) is 9.70. The lowest BCUT2D eigenvalue weighted by Crippen LogP contribution is -2.46. The third-order valence-electron chi connectivity index (χ3n) is 11.4. The van der Waals surface area contributed by atoms with E-state index in [-0.39, 0.29) is 33.0 Å². The number of pyridine rings is 1. The minimum absolute atomic E-state index is 0.0143. The zero-order chi connectivity index (χ0) is 40.3. The average Bonchev–Trinajstić information content (AvgIpc) is 3.72. The second-order valence-electron chi connectivity index (χ2n) is 16.5. The number of aryl methyl sites for hydroxylation is 1. The van der Waals surface area contributed by atoms with Gasteiger partial charge in [0.05, 0.1) is 17.6 Å². The van der Waals surface area contributed by atoms with Crippen molar-refractivity contribution in [1.82, 2.24) is 14.5 Å². The Balaban J connectivity index is 1.04. The first-order valence-electron chi connectivity index (χ1n) is 20.0. The van der Waals surface area contributed by atoms with Gasteiger partial charge in [0.25, 0.3) is 14.6 Å². The van der Waals surface area contributed by atoms with Crippen molar-refractivity contribution in [1.29, 1.82) is 0 Å². The lowest BCUT2D eigenvalue weighted by atomic mass is 9.87. The van der Waals surface area contributed by atoms with Crippen LogP contribution in [0.1, 0.15) is 89.3 Å². The predicted octanol–water partition coefficient (Wildman–Crippen LogP) is 7.35. The number of hydrogen-bond donors (Lipinski definition) is 1. The van der Waals surface area contributed by atoms with E-state index < -0.39 is 19.1 Å². The normalized spacial score (nSPS) is 18.1. The van der Waals surface area contributed by atoms with Gasteiger partial charge in [0.2, 0.25) is 16.0 Å². The Labute approximate surface area is 343 Å². The number of fused-ring (bicyclic) bond motifs is 1. The number of anilines is 2. The minimum Gasteiger partial charge on any atom is -0.407 e. The van der Waals surface area contributed by atoms with Crippen molar-refractivity contribution < 1.29 is 17.6 Å². The van der Waals surface area contributed by atoms with Crippen LogP contribution in [-0.2, 0) is 24.6 Å². The average molecular weight is 828 g/mol. The quantitative estimate of drug-likeness (QED) is 0.122. The standard InChI is InChI=1S/C44H53ClN5O5SSi/c1-30-26-36(56(46,52)53)20-23-40(30)49(43-47-28-32-27-39(45)42(51)50(41(32)48-43)34-10-8-9-11-34)24-25-54-35-18-14-31(15-19-35)29-55-57(37-12-6-5-7-13-37)38-21-16-33(17-22-38)44(2,3)4/h5-7,12-13,16-17,20-23,26-28,31,34-35H,8-11,14-15,18-19,24-25,29H2,1-4H3,(H2,46,52,53). The number of halogens is 1. The SMILES string of the molecule is Cc1cc(S(N)(=O)=O)ccc1N(CCOC1CCC(CO[Si](c2ccccc2)c2ccc(C(C)(C)C)cc2)CC1)c1ncc2cc(Cl)c(=O)n(C3CCCC3)c2n1. The van der Waals surface area contributed by atoms with Crippen molar-refractivity contribution in [3.8, 4) is 0 Å². The van der Waals surface area contributed by atoms with Gasteiger partial charge < -0.3 is 14.1 Å². The summed E-state index contributed by atoms with van der Waals surface area (Å²) in [4.78, 5) is 25.1. The summed E-state index contributed by atoms with van der Waals surface area (Å²) >= 11 is 6.41. The van der Waals surface area contributed by atoms with Crippen molar-refractivity contribution in [3.05, 3.63) is 112 Å². The molecule has 2 N–H and O–H groups in total. The number of rotatable bonds is 13. The van der Waals surface area contributed by atoms with E-state index in [0.29, 0.717) is 41.6 Å². The van der Waals surface area contributed by atoms with Crippen LogP contribution in [-0.4, -0.2) is 57.9 Å². The largest absolute Gasteiger partial charge is 0.407 e. The topological polar surface area (TPSA) is 130 Å². The maximum Gasteiger partial charge on any atom is 0.282 e. The molecule has 57 heavy (non-hydrogen) atoms. The van der Waals surface area contributed by atoms with Crippen LogP contribution in [0.5, 0.6) is 0 Å². The van der Waals surface area contributed by atoms with Crippen LogP contribution in [0, 0.1) is 12.8 Å². The van der Waals surface area contributed by atoms with Crippen molar-refractivity contribution in [2.24, 2.45) is 11.1 Å². The summed E-state index contributed by atoms with van der Waals surface area (Å²) in [6.45, 7) is 10.1. The maximum absolute atomic E-state index is 13.4. The molecular formula is C44H53ClN5O5SSi. The maximum atomic E-state index is 13.4.